The van der Waals surface area contributed by atoms with Gasteiger partial charge in [-0.3, -0.25) is 9.59 Å². The lowest BCUT2D eigenvalue weighted by Gasteiger charge is -2.18. The average molecular weight is 395 g/mol. The van der Waals surface area contributed by atoms with Crippen LogP contribution in [-0.2, 0) is 11.3 Å². The van der Waals surface area contributed by atoms with Crippen LogP contribution in [0.5, 0.6) is 0 Å². The summed E-state index contributed by atoms with van der Waals surface area (Å²) in [4.78, 5) is 26.3. The second-order valence-corrected chi connectivity index (χ2v) is 6.98. The van der Waals surface area contributed by atoms with E-state index < -0.39 is 0 Å². The first-order valence-corrected chi connectivity index (χ1v) is 9.04. The lowest BCUT2D eigenvalue weighted by atomic mass is 10.2. The number of carbonyl (C=O) groups is 2. The topological polar surface area (TPSA) is 49.4 Å². The van der Waals surface area contributed by atoms with Gasteiger partial charge in [-0.15, -0.1) is 11.3 Å². The molecule has 0 saturated heterocycles. The molecule has 4 nitrogen and oxygen atoms in total. The summed E-state index contributed by atoms with van der Waals surface area (Å²) in [7, 11) is 1.80. The molecule has 0 radical (unpaired) electrons. The van der Waals surface area contributed by atoms with E-state index in [2.05, 4.69) is 21.2 Å². The van der Waals surface area contributed by atoms with E-state index in [1.165, 1.54) is 11.3 Å². The number of halogens is 1. The minimum absolute atomic E-state index is 0.0750. The molecule has 122 valence electrons. The molecule has 23 heavy (non-hydrogen) atoms. The van der Waals surface area contributed by atoms with Crippen LogP contribution < -0.4 is 5.32 Å². The standard InChI is InChI=1S/C17H19BrN2O2S/c1-20(12-13-6-2-3-7-14(13)18)16(21)9-4-10-19-17(22)15-8-5-11-23-15/h2-3,5-8,11H,4,9-10,12H2,1H3,(H,19,22). The van der Waals surface area contributed by atoms with Crippen LogP contribution in [0.25, 0.3) is 0 Å². The largest absolute Gasteiger partial charge is 0.351 e. The molecule has 1 aromatic carbocycles. The first-order valence-electron chi connectivity index (χ1n) is 7.37. The van der Waals surface area contributed by atoms with Crippen LogP contribution >= 0.6 is 27.3 Å². The lowest BCUT2D eigenvalue weighted by Crippen LogP contribution is -2.28. The molecule has 2 amide bonds. The summed E-state index contributed by atoms with van der Waals surface area (Å²) in [5.74, 6) is 0.000135. The zero-order chi connectivity index (χ0) is 16.7. The van der Waals surface area contributed by atoms with E-state index in [4.69, 9.17) is 0 Å². The van der Waals surface area contributed by atoms with Crippen molar-refractivity contribution in [3.05, 3.63) is 56.7 Å². The van der Waals surface area contributed by atoms with E-state index in [1.54, 1.807) is 18.0 Å². The highest BCUT2D eigenvalue weighted by Gasteiger charge is 2.11. The minimum Gasteiger partial charge on any atom is -0.351 e. The van der Waals surface area contributed by atoms with Crippen molar-refractivity contribution in [3.8, 4) is 0 Å². The Morgan fingerprint density at radius 1 is 1.22 bits per heavy atom. The second kappa shape index (κ2) is 8.84. The first-order chi connectivity index (χ1) is 11.1. The Bertz CT molecular complexity index is 658. The van der Waals surface area contributed by atoms with Gasteiger partial charge >= 0.3 is 0 Å². The second-order valence-electron chi connectivity index (χ2n) is 5.18. The third-order valence-electron chi connectivity index (χ3n) is 3.39. The number of nitrogens with one attached hydrogen (secondary N) is 1. The summed E-state index contributed by atoms with van der Waals surface area (Å²) in [6, 6.07) is 11.5. The maximum Gasteiger partial charge on any atom is 0.261 e. The van der Waals surface area contributed by atoms with E-state index >= 15 is 0 Å². The van der Waals surface area contributed by atoms with Gasteiger partial charge in [0.05, 0.1) is 4.88 Å². The van der Waals surface area contributed by atoms with Crippen LogP contribution in [0.15, 0.2) is 46.3 Å². The van der Waals surface area contributed by atoms with Crippen molar-refractivity contribution in [1.29, 1.82) is 0 Å². The van der Waals surface area contributed by atoms with Gasteiger partial charge in [-0.1, -0.05) is 40.2 Å². The Balaban J connectivity index is 1.70. The molecule has 0 atom stereocenters. The summed E-state index contributed by atoms with van der Waals surface area (Å²) in [6.07, 6.45) is 1.06. The van der Waals surface area contributed by atoms with Gasteiger partial charge in [0.1, 0.15) is 0 Å². The summed E-state index contributed by atoms with van der Waals surface area (Å²) in [5, 5.41) is 4.70. The molecule has 0 spiro atoms. The van der Waals surface area contributed by atoms with E-state index in [1.807, 2.05) is 35.7 Å². The summed E-state index contributed by atoms with van der Waals surface area (Å²) < 4.78 is 1.00. The number of amides is 2. The van der Waals surface area contributed by atoms with Gasteiger partial charge in [0.15, 0.2) is 0 Å². The fraction of sp³-hybridized carbons (Fsp3) is 0.294. The summed E-state index contributed by atoms with van der Waals surface area (Å²) >= 11 is 4.90. The highest BCUT2D eigenvalue weighted by atomic mass is 79.9. The SMILES string of the molecule is CN(Cc1ccccc1Br)C(=O)CCCNC(=O)c1cccs1. The molecule has 0 unspecified atom stereocenters. The van der Waals surface area contributed by atoms with Crippen LogP contribution in [0.4, 0.5) is 0 Å². The molecular weight excluding hydrogens is 376 g/mol. The quantitative estimate of drug-likeness (QED) is 0.728. The average Bonchev–Trinajstić information content (AvgIpc) is 3.07. The summed E-state index contributed by atoms with van der Waals surface area (Å²) in [6.45, 7) is 1.08. The Morgan fingerprint density at radius 3 is 2.70 bits per heavy atom. The van der Waals surface area contributed by atoms with Gasteiger partial charge < -0.3 is 10.2 Å². The first kappa shape index (κ1) is 17.7. The van der Waals surface area contributed by atoms with Gasteiger partial charge in [-0.25, -0.2) is 0 Å². The number of hydrogen-bond donors (Lipinski definition) is 1. The summed E-state index contributed by atoms with van der Waals surface area (Å²) in [5.41, 5.74) is 1.08. The molecule has 0 aliphatic rings. The van der Waals surface area contributed by atoms with Crippen molar-refractivity contribution in [2.75, 3.05) is 13.6 Å². The van der Waals surface area contributed by atoms with Gasteiger partial charge in [0, 0.05) is 31.0 Å². The molecule has 2 rings (SSSR count). The zero-order valence-electron chi connectivity index (χ0n) is 12.9. The van der Waals surface area contributed by atoms with Crippen molar-refractivity contribution in [2.24, 2.45) is 0 Å². The molecule has 0 aliphatic heterocycles. The number of rotatable bonds is 7. The fourth-order valence-electron chi connectivity index (χ4n) is 2.10. The maximum atomic E-state index is 12.1. The number of carbonyl (C=O) groups excluding carboxylic acids is 2. The van der Waals surface area contributed by atoms with Gasteiger partial charge in [0.25, 0.3) is 5.91 Å². The Labute approximate surface area is 148 Å². The van der Waals surface area contributed by atoms with Crippen LogP contribution in [0, 0.1) is 0 Å². The predicted molar refractivity (Wildman–Crippen MR) is 96.5 cm³/mol. The molecule has 0 saturated carbocycles. The molecule has 0 bridgehead atoms. The van der Waals surface area contributed by atoms with Crippen LogP contribution in [0.1, 0.15) is 28.1 Å². The molecule has 1 aromatic heterocycles. The fourth-order valence-corrected chi connectivity index (χ4v) is 3.15. The Kier molecular flexibility index (Phi) is 6.80. The number of benzene rings is 1. The predicted octanol–water partition coefficient (Wildman–Crippen LogP) is 3.68. The lowest BCUT2D eigenvalue weighted by molar-refractivity contribution is -0.130. The van der Waals surface area contributed by atoms with Crippen molar-refractivity contribution in [2.45, 2.75) is 19.4 Å². The van der Waals surface area contributed by atoms with Crippen molar-refractivity contribution in [1.82, 2.24) is 10.2 Å². The number of thiophene rings is 1. The minimum atomic E-state index is -0.0750. The van der Waals surface area contributed by atoms with Crippen molar-refractivity contribution < 1.29 is 9.59 Å². The normalized spacial score (nSPS) is 10.3. The van der Waals surface area contributed by atoms with Crippen LogP contribution in [0.2, 0.25) is 0 Å². The van der Waals surface area contributed by atoms with E-state index in [0.29, 0.717) is 30.8 Å². The molecular formula is C17H19BrN2O2S. The van der Waals surface area contributed by atoms with Crippen LogP contribution in [-0.4, -0.2) is 30.3 Å². The molecule has 0 fully saturated rings. The monoisotopic (exact) mass is 394 g/mol. The molecule has 6 heteroatoms. The van der Waals surface area contributed by atoms with Crippen molar-refractivity contribution >= 4 is 39.1 Å². The van der Waals surface area contributed by atoms with Gasteiger partial charge in [-0.05, 0) is 29.5 Å². The van der Waals surface area contributed by atoms with E-state index in [-0.39, 0.29) is 11.8 Å². The Morgan fingerprint density at radius 2 is 2.00 bits per heavy atom. The molecule has 2 aromatic rings. The Hall–Kier alpha value is -1.66. The van der Waals surface area contributed by atoms with E-state index in [9.17, 15) is 9.59 Å². The molecule has 0 aliphatic carbocycles. The van der Waals surface area contributed by atoms with Gasteiger partial charge in [-0.2, -0.15) is 0 Å². The van der Waals surface area contributed by atoms with Crippen molar-refractivity contribution in [3.63, 3.8) is 0 Å². The zero-order valence-corrected chi connectivity index (χ0v) is 15.3. The van der Waals surface area contributed by atoms with Gasteiger partial charge in [0.2, 0.25) is 5.91 Å². The third kappa shape index (κ3) is 5.48. The highest BCUT2D eigenvalue weighted by molar-refractivity contribution is 9.10. The molecule has 1 N–H and O–H groups in total. The third-order valence-corrected chi connectivity index (χ3v) is 5.03. The van der Waals surface area contributed by atoms with Crippen LogP contribution in [0.3, 0.4) is 0 Å². The maximum absolute atomic E-state index is 12.1. The number of nitrogens with zero attached hydrogens (tertiary/aromatic N) is 1. The molecule has 1 heterocycles. The number of hydrogen-bond acceptors (Lipinski definition) is 3. The van der Waals surface area contributed by atoms with E-state index in [0.717, 1.165) is 10.0 Å². The smallest absolute Gasteiger partial charge is 0.261 e. The highest BCUT2D eigenvalue weighted by Crippen LogP contribution is 2.17.